The Morgan fingerprint density at radius 2 is 2.19 bits per heavy atom. The normalized spacial score (nSPS) is 18.5. The van der Waals surface area contributed by atoms with E-state index >= 15 is 0 Å². The molecule has 0 bridgehead atoms. The minimum atomic E-state index is -3.20. The van der Waals surface area contributed by atoms with Crippen LogP contribution in [-0.2, 0) is 10.0 Å². The Kier molecular flexibility index (Phi) is 4.53. The maximum atomic E-state index is 12.1. The smallest absolute Gasteiger partial charge is 0.251 e. The molecule has 0 spiro atoms. The van der Waals surface area contributed by atoms with E-state index in [0.29, 0.717) is 30.8 Å². The van der Waals surface area contributed by atoms with Gasteiger partial charge in [-0.15, -0.1) is 0 Å². The number of sulfonamides is 1. The topological polar surface area (TPSA) is 92.5 Å². The minimum Gasteiger partial charge on any atom is -0.348 e. The molecule has 1 heterocycles. The Bertz CT molecular complexity index is 643. The molecule has 1 aliphatic rings. The Hall–Kier alpha value is -1.60. The van der Waals surface area contributed by atoms with Crippen molar-refractivity contribution < 1.29 is 13.2 Å². The van der Waals surface area contributed by atoms with Crippen LogP contribution >= 0.6 is 0 Å². The Morgan fingerprint density at radius 3 is 2.71 bits per heavy atom. The third-order valence-electron chi connectivity index (χ3n) is 3.57. The van der Waals surface area contributed by atoms with Crippen molar-refractivity contribution in [1.29, 1.82) is 0 Å². The van der Waals surface area contributed by atoms with E-state index in [1.807, 2.05) is 6.92 Å². The molecule has 7 heteroatoms. The van der Waals surface area contributed by atoms with Gasteiger partial charge in [0.05, 0.1) is 11.4 Å². The summed E-state index contributed by atoms with van der Waals surface area (Å²) >= 11 is 0. The van der Waals surface area contributed by atoms with Crippen LogP contribution in [0.3, 0.4) is 0 Å². The summed E-state index contributed by atoms with van der Waals surface area (Å²) < 4.78 is 25.2. The molecular weight excluding hydrogens is 290 g/mol. The number of carbonyl (C=O) groups excluding carboxylic acids is 1. The molecule has 0 unspecified atom stereocenters. The second-order valence-corrected chi connectivity index (χ2v) is 7.36. The highest BCUT2D eigenvalue weighted by Crippen LogP contribution is 2.26. The van der Waals surface area contributed by atoms with Gasteiger partial charge in [0.15, 0.2) is 0 Å². The second-order valence-electron chi connectivity index (χ2n) is 5.35. The van der Waals surface area contributed by atoms with Gasteiger partial charge in [0.2, 0.25) is 10.0 Å². The van der Waals surface area contributed by atoms with Crippen molar-refractivity contribution in [2.75, 3.05) is 23.1 Å². The summed E-state index contributed by atoms with van der Waals surface area (Å²) in [4.78, 5) is 12.1. The van der Waals surface area contributed by atoms with E-state index in [-0.39, 0.29) is 17.7 Å². The lowest BCUT2D eigenvalue weighted by Gasteiger charge is -2.19. The molecule has 0 aliphatic carbocycles. The number of rotatable bonds is 4. The summed E-state index contributed by atoms with van der Waals surface area (Å²) in [6, 6.07) is 4.98. The van der Waals surface area contributed by atoms with E-state index in [0.717, 1.165) is 5.56 Å². The predicted octanol–water partition coefficient (Wildman–Crippen LogP) is 0.612. The summed E-state index contributed by atoms with van der Waals surface area (Å²) in [7, 11) is -3.20. The van der Waals surface area contributed by atoms with E-state index in [1.165, 1.54) is 4.31 Å². The molecule has 0 aromatic heterocycles. The van der Waals surface area contributed by atoms with Crippen LogP contribution in [0.2, 0.25) is 0 Å². The molecule has 1 atom stereocenters. The van der Waals surface area contributed by atoms with Crippen LogP contribution in [0.15, 0.2) is 18.2 Å². The lowest BCUT2D eigenvalue weighted by molar-refractivity contribution is 0.0940. The summed E-state index contributed by atoms with van der Waals surface area (Å²) in [6.07, 6.45) is 0.637. The highest BCUT2D eigenvalue weighted by molar-refractivity contribution is 7.93. The van der Waals surface area contributed by atoms with Crippen molar-refractivity contribution in [2.24, 2.45) is 5.73 Å². The zero-order valence-electron chi connectivity index (χ0n) is 12.3. The van der Waals surface area contributed by atoms with Crippen molar-refractivity contribution in [3.05, 3.63) is 29.3 Å². The number of aryl methyl sites for hydroxylation is 1. The van der Waals surface area contributed by atoms with Gasteiger partial charge in [-0.25, -0.2) is 8.42 Å². The largest absolute Gasteiger partial charge is 0.348 e. The van der Waals surface area contributed by atoms with Crippen molar-refractivity contribution >= 4 is 21.6 Å². The van der Waals surface area contributed by atoms with E-state index < -0.39 is 10.0 Å². The van der Waals surface area contributed by atoms with Crippen LogP contribution in [0.25, 0.3) is 0 Å². The number of carbonyl (C=O) groups is 1. The SMILES string of the molecule is Cc1cc(N2CCCS2(=O)=O)ccc1C(=O)N[C@@H](C)CN. The minimum absolute atomic E-state index is 0.101. The molecular formula is C14H21N3O3S. The molecule has 1 aromatic carbocycles. The first kappa shape index (κ1) is 15.8. The maximum absolute atomic E-state index is 12.1. The van der Waals surface area contributed by atoms with Gasteiger partial charge in [-0.2, -0.15) is 0 Å². The average Bonchev–Trinajstić information content (AvgIpc) is 2.77. The number of benzene rings is 1. The molecule has 21 heavy (non-hydrogen) atoms. The third kappa shape index (κ3) is 3.36. The van der Waals surface area contributed by atoms with Crippen LogP contribution in [0.4, 0.5) is 5.69 Å². The summed E-state index contributed by atoms with van der Waals surface area (Å²) in [5.41, 5.74) is 7.39. The number of anilines is 1. The van der Waals surface area contributed by atoms with E-state index in [2.05, 4.69) is 5.32 Å². The third-order valence-corrected chi connectivity index (χ3v) is 5.44. The molecule has 1 fully saturated rings. The van der Waals surface area contributed by atoms with Crippen LogP contribution in [-0.4, -0.2) is 39.2 Å². The van der Waals surface area contributed by atoms with Gasteiger partial charge in [-0.1, -0.05) is 0 Å². The number of nitrogens with two attached hydrogens (primary N) is 1. The van der Waals surface area contributed by atoms with E-state index in [9.17, 15) is 13.2 Å². The Balaban J connectivity index is 2.24. The van der Waals surface area contributed by atoms with Crippen molar-refractivity contribution in [1.82, 2.24) is 5.32 Å². The first-order chi connectivity index (χ1) is 9.85. The molecule has 1 amide bonds. The number of hydrogen-bond donors (Lipinski definition) is 2. The Morgan fingerprint density at radius 1 is 1.48 bits per heavy atom. The van der Waals surface area contributed by atoms with E-state index in [1.54, 1.807) is 25.1 Å². The molecule has 6 nitrogen and oxygen atoms in total. The monoisotopic (exact) mass is 311 g/mol. The molecule has 1 aliphatic heterocycles. The van der Waals surface area contributed by atoms with E-state index in [4.69, 9.17) is 5.73 Å². The Labute approximate surface area is 125 Å². The molecule has 1 saturated heterocycles. The average molecular weight is 311 g/mol. The lowest BCUT2D eigenvalue weighted by atomic mass is 10.1. The molecule has 2 rings (SSSR count). The summed E-state index contributed by atoms with van der Waals surface area (Å²) in [5.74, 6) is -0.0104. The van der Waals surface area contributed by atoms with Crippen LogP contribution in [0.1, 0.15) is 29.3 Å². The first-order valence-corrected chi connectivity index (χ1v) is 8.58. The van der Waals surface area contributed by atoms with Gasteiger partial charge >= 0.3 is 0 Å². The van der Waals surface area contributed by atoms with Gasteiger partial charge < -0.3 is 11.1 Å². The number of hydrogen-bond acceptors (Lipinski definition) is 4. The lowest BCUT2D eigenvalue weighted by Crippen LogP contribution is -2.38. The quantitative estimate of drug-likeness (QED) is 0.852. The maximum Gasteiger partial charge on any atom is 0.251 e. The molecule has 1 aromatic rings. The highest BCUT2D eigenvalue weighted by atomic mass is 32.2. The van der Waals surface area contributed by atoms with Crippen LogP contribution in [0.5, 0.6) is 0 Å². The van der Waals surface area contributed by atoms with Crippen LogP contribution < -0.4 is 15.4 Å². The van der Waals surface area contributed by atoms with Crippen molar-refractivity contribution in [3.63, 3.8) is 0 Å². The fourth-order valence-corrected chi connectivity index (χ4v) is 3.90. The zero-order valence-corrected chi connectivity index (χ0v) is 13.1. The standard InChI is InChI=1S/C14H21N3O3S/c1-10-8-12(17-6-3-7-21(17,19)20)4-5-13(10)14(18)16-11(2)9-15/h4-5,8,11H,3,6-7,9,15H2,1-2H3,(H,16,18)/t11-/m0/s1. The van der Waals surface area contributed by atoms with Crippen LogP contribution in [0, 0.1) is 6.92 Å². The zero-order chi connectivity index (χ0) is 15.6. The number of amides is 1. The van der Waals surface area contributed by atoms with Crippen molar-refractivity contribution in [2.45, 2.75) is 26.3 Å². The summed E-state index contributed by atoms with van der Waals surface area (Å²) in [5, 5.41) is 2.80. The first-order valence-electron chi connectivity index (χ1n) is 6.97. The fraction of sp³-hybridized carbons (Fsp3) is 0.500. The molecule has 3 N–H and O–H groups in total. The predicted molar refractivity (Wildman–Crippen MR) is 82.9 cm³/mol. The number of nitrogens with zero attached hydrogens (tertiary/aromatic N) is 1. The molecule has 0 saturated carbocycles. The highest BCUT2D eigenvalue weighted by Gasteiger charge is 2.28. The van der Waals surface area contributed by atoms with Gasteiger partial charge in [-0.3, -0.25) is 9.10 Å². The number of nitrogens with one attached hydrogen (secondary N) is 1. The van der Waals surface area contributed by atoms with Gasteiger partial charge in [-0.05, 0) is 44.0 Å². The van der Waals surface area contributed by atoms with Crippen molar-refractivity contribution in [3.8, 4) is 0 Å². The van der Waals surface area contributed by atoms with Gasteiger partial charge in [0.25, 0.3) is 5.91 Å². The molecule has 0 radical (unpaired) electrons. The molecule has 116 valence electrons. The van der Waals surface area contributed by atoms with Gasteiger partial charge in [0.1, 0.15) is 0 Å². The second kappa shape index (κ2) is 6.03. The van der Waals surface area contributed by atoms with Gasteiger partial charge in [0, 0.05) is 24.7 Å². The summed E-state index contributed by atoms with van der Waals surface area (Å²) in [6.45, 7) is 4.50. The fourth-order valence-electron chi connectivity index (χ4n) is 2.35.